The van der Waals surface area contributed by atoms with E-state index in [-0.39, 0.29) is 5.91 Å². The molecule has 1 aromatic carbocycles. The number of ether oxygens (including phenoxy) is 4. The van der Waals surface area contributed by atoms with Gasteiger partial charge in [-0.05, 0) is 45.4 Å². The first-order chi connectivity index (χ1) is 15.7. The molecule has 0 spiro atoms. The number of methoxy groups -OCH3 is 1. The van der Waals surface area contributed by atoms with Gasteiger partial charge in [0.1, 0.15) is 11.4 Å². The van der Waals surface area contributed by atoms with E-state index in [4.69, 9.17) is 31.1 Å². The number of hydrogen-bond acceptors (Lipinski definition) is 7. The number of hydrogen-bond donors (Lipinski definition) is 2. The smallest absolute Gasteiger partial charge is 0.410 e. The lowest BCUT2D eigenvalue weighted by Gasteiger charge is -2.27. The molecule has 1 aromatic rings. The highest BCUT2D eigenvalue weighted by Gasteiger charge is 2.21. The number of carbonyl (C=O) groups is 2. The zero-order valence-electron chi connectivity index (χ0n) is 20.1. The summed E-state index contributed by atoms with van der Waals surface area (Å²) in [6.45, 7) is 8.29. The first kappa shape index (κ1) is 28.1. The van der Waals surface area contributed by atoms with Crippen molar-refractivity contribution in [3.05, 3.63) is 23.8 Å². The van der Waals surface area contributed by atoms with Crippen LogP contribution >= 0.6 is 0 Å². The number of benzene rings is 1. The van der Waals surface area contributed by atoms with Crippen LogP contribution in [0.5, 0.6) is 5.75 Å². The number of nitrogens with two attached hydrogens (primary N) is 1. The number of nitrogens with zero attached hydrogens (tertiary/aromatic N) is 1. The van der Waals surface area contributed by atoms with E-state index in [1.807, 2.05) is 20.8 Å². The van der Waals surface area contributed by atoms with Gasteiger partial charge in [-0.25, -0.2) is 4.79 Å². The van der Waals surface area contributed by atoms with Gasteiger partial charge in [0.25, 0.3) is 5.91 Å². The Morgan fingerprint density at radius 3 is 2.45 bits per heavy atom. The molecule has 0 bridgehead atoms. The molecule has 0 aromatic heterocycles. The molecule has 0 aliphatic heterocycles. The summed E-state index contributed by atoms with van der Waals surface area (Å²) in [6, 6.07) is 4.84. The number of terminal acetylenes is 1. The van der Waals surface area contributed by atoms with Gasteiger partial charge >= 0.3 is 6.09 Å². The summed E-state index contributed by atoms with van der Waals surface area (Å²) in [4.78, 5) is 26.5. The minimum atomic E-state index is -0.608. The van der Waals surface area contributed by atoms with Crippen molar-refractivity contribution in [1.82, 2.24) is 10.2 Å². The maximum Gasteiger partial charge on any atom is 0.410 e. The predicted molar refractivity (Wildman–Crippen MR) is 127 cm³/mol. The summed E-state index contributed by atoms with van der Waals surface area (Å²) in [5.74, 6) is 2.70. The Hall–Kier alpha value is -2.96. The Labute approximate surface area is 196 Å². The van der Waals surface area contributed by atoms with Crippen molar-refractivity contribution in [2.45, 2.75) is 39.2 Å². The summed E-state index contributed by atoms with van der Waals surface area (Å²) in [7, 11) is 1.49. The number of anilines is 1. The Morgan fingerprint density at radius 2 is 1.82 bits per heavy atom. The second-order valence-corrected chi connectivity index (χ2v) is 8.21. The van der Waals surface area contributed by atoms with E-state index in [2.05, 4.69) is 11.2 Å². The molecule has 0 unspecified atom stereocenters. The third kappa shape index (κ3) is 12.0. The van der Waals surface area contributed by atoms with Crippen molar-refractivity contribution < 1.29 is 28.5 Å². The van der Waals surface area contributed by atoms with Gasteiger partial charge in [0, 0.05) is 31.6 Å². The van der Waals surface area contributed by atoms with Crippen LogP contribution in [0, 0.1) is 12.3 Å². The molecule has 1 rings (SSSR count). The van der Waals surface area contributed by atoms with Crippen LogP contribution in [0.1, 0.15) is 44.0 Å². The fourth-order valence-corrected chi connectivity index (χ4v) is 2.67. The Bertz CT molecular complexity index is 785. The van der Waals surface area contributed by atoms with Crippen molar-refractivity contribution in [1.29, 1.82) is 0 Å². The van der Waals surface area contributed by atoms with Crippen LogP contribution in [0.15, 0.2) is 18.2 Å². The maximum absolute atomic E-state index is 12.5. The molecule has 0 heterocycles. The lowest BCUT2D eigenvalue weighted by molar-refractivity contribution is 0.0110. The molecule has 0 fully saturated rings. The summed E-state index contributed by atoms with van der Waals surface area (Å²) >= 11 is 0. The lowest BCUT2D eigenvalue weighted by atomic mass is 10.1. The van der Waals surface area contributed by atoms with Crippen molar-refractivity contribution in [2.75, 3.05) is 58.9 Å². The fourth-order valence-electron chi connectivity index (χ4n) is 2.67. The average molecular weight is 464 g/mol. The fraction of sp³-hybridized carbons (Fsp3) is 0.583. The van der Waals surface area contributed by atoms with Gasteiger partial charge in [0.2, 0.25) is 0 Å². The number of nitrogen functional groups attached to an aromatic ring is 1. The summed E-state index contributed by atoms with van der Waals surface area (Å²) in [5, 5.41) is 2.84. The van der Waals surface area contributed by atoms with Gasteiger partial charge < -0.3 is 34.9 Å². The molecule has 9 heteroatoms. The lowest BCUT2D eigenvalue weighted by Crippen LogP contribution is -2.40. The minimum absolute atomic E-state index is 0.245. The highest BCUT2D eigenvalue weighted by Crippen LogP contribution is 2.22. The Balaban J connectivity index is 2.47. The standard InChI is InChI=1S/C24H37N3O6/c1-6-7-14-31-16-17-32-15-13-27(23(29)33-24(2,3)4)12-8-11-26-22(28)19-9-10-20(25)21(18-19)30-5/h1,9-10,18H,7-8,11-17,25H2,2-5H3,(H,26,28). The number of nitrogens with one attached hydrogen (secondary N) is 1. The molecule has 0 atom stereocenters. The zero-order chi connectivity index (χ0) is 24.7. The summed E-state index contributed by atoms with van der Waals surface area (Å²) < 4.78 is 21.5. The van der Waals surface area contributed by atoms with Crippen molar-refractivity contribution in [3.63, 3.8) is 0 Å². The van der Waals surface area contributed by atoms with Gasteiger partial charge in [-0.15, -0.1) is 12.3 Å². The van der Waals surface area contributed by atoms with Gasteiger partial charge in [-0.3, -0.25) is 4.79 Å². The van der Waals surface area contributed by atoms with Crippen LogP contribution in [0.25, 0.3) is 0 Å². The predicted octanol–water partition coefficient (Wildman–Crippen LogP) is 2.69. The van der Waals surface area contributed by atoms with Crippen molar-refractivity contribution in [3.8, 4) is 18.1 Å². The van der Waals surface area contributed by atoms with Crippen LogP contribution < -0.4 is 15.8 Å². The SMILES string of the molecule is C#CCCOCCOCCN(CCCNC(=O)c1ccc(N)c(OC)c1)C(=O)OC(C)(C)C. The van der Waals surface area contributed by atoms with Gasteiger partial charge in [-0.2, -0.15) is 0 Å². The van der Waals surface area contributed by atoms with Crippen LogP contribution in [0.4, 0.5) is 10.5 Å². The van der Waals surface area contributed by atoms with Crippen LogP contribution in [-0.2, 0) is 14.2 Å². The van der Waals surface area contributed by atoms with Crippen molar-refractivity contribution in [2.24, 2.45) is 0 Å². The third-order valence-electron chi connectivity index (χ3n) is 4.31. The Kier molecular flexibility index (Phi) is 12.7. The normalized spacial score (nSPS) is 10.9. The molecule has 33 heavy (non-hydrogen) atoms. The van der Waals surface area contributed by atoms with E-state index in [0.717, 1.165) is 0 Å². The number of rotatable bonds is 14. The first-order valence-electron chi connectivity index (χ1n) is 11.0. The third-order valence-corrected chi connectivity index (χ3v) is 4.31. The number of amides is 2. The van der Waals surface area contributed by atoms with Crippen molar-refractivity contribution >= 4 is 17.7 Å². The average Bonchev–Trinajstić information content (AvgIpc) is 2.75. The van der Waals surface area contributed by atoms with Crippen LogP contribution in [0.2, 0.25) is 0 Å². The monoisotopic (exact) mass is 463 g/mol. The molecule has 0 saturated heterocycles. The van der Waals surface area contributed by atoms with E-state index in [1.165, 1.54) is 7.11 Å². The highest BCUT2D eigenvalue weighted by molar-refractivity contribution is 5.95. The molecule has 9 nitrogen and oxygen atoms in total. The van der Waals surface area contributed by atoms with E-state index in [0.29, 0.717) is 75.9 Å². The Morgan fingerprint density at radius 1 is 1.12 bits per heavy atom. The van der Waals surface area contributed by atoms with Gasteiger partial charge in [0.05, 0.1) is 39.2 Å². The second-order valence-electron chi connectivity index (χ2n) is 8.21. The van der Waals surface area contributed by atoms with Crippen LogP contribution in [-0.4, -0.2) is 75.7 Å². The molecular weight excluding hydrogens is 426 g/mol. The zero-order valence-corrected chi connectivity index (χ0v) is 20.1. The second kappa shape index (κ2) is 15.0. The quantitative estimate of drug-likeness (QED) is 0.248. The molecule has 0 aliphatic carbocycles. The molecule has 184 valence electrons. The van der Waals surface area contributed by atoms with Gasteiger partial charge in [0.15, 0.2) is 0 Å². The molecule has 3 N–H and O–H groups in total. The maximum atomic E-state index is 12.5. The summed E-state index contributed by atoms with van der Waals surface area (Å²) in [5.41, 5.74) is 6.08. The van der Waals surface area contributed by atoms with E-state index in [1.54, 1.807) is 23.1 Å². The van der Waals surface area contributed by atoms with E-state index in [9.17, 15) is 9.59 Å². The topological polar surface area (TPSA) is 112 Å². The molecule has 0 saturated carbocycles. The van der Waals surface area contributed by atoms with E-state index >= 15 is 0 Å². The molecule has 2 amide bonds. The molecule has 0 aliphatic rings. The summed E-state index contributed by atoms with van der Waals surface area (Å²) in [6.07, 6.45) is 5.85. The van der Waals surface area contributed by atoms with Crippen LogP contribution in [0.3, 0.4) is 0 Å². The molecular formula is C24H37N3O6. The minimum Gasteiger partial charge on any atom is -0.495 e. The largest absolute Gasteiger partial charge is 0.495 e. The molecule has 0 radical (unpaired) electrons. The highest BCUT2D eigenvalue weighted by atomic mass is 16.6. The first-order valence-corrected chi connectivity index (χ1v) is 11.0. The van der Waals surface area contributed by atoms with Gasteiger partial charge in [-0.1, -0.05) is 0 Å². The number of carbonyl (C=O) groups excluding carboxylic acids is 2. The van der Waals surface area contributed by atoms with E-state index < -0.39 is 11.7 Å².